The van der Waals surface area contributed by atoms with Gasteiger partial charge >= 0.3 is 0 Å². The van der Waals surface area contributed by atoms with Gasteiger partial charge < -0.3 is 0 Å². The number of benzene rings is 2. The lowest BCUT2D eigenvalue weighted by atomic mass is 9.70. The molecule has 29 heavy (non-hydrogen) atoms. The van der Waals surface area contributed by atoms with Crippen molar-refractivity contribution < 1.29 is 19.2 Å². The standard InChI is InChI=1S/C23H20N2O4/c1-14(26)24-19-13-15(25-20(27)16-7-3-4-8-17(16)21(25)28)9-10-18(19)23(22(24)29)11-5-2-6-12-23/h3-4,7-10,13H,2,5-6,11-12H2,1H3. The third kappa shape index (κ3) is 2.29. The van der Waals surface area contributed by atoms with Gasteiger partial charge in [-0.2, -0.15) is 0 Å². The van der Waals surface area contributed by atoms with E-state index in [9.17, 15) is 19.2 Å². The van der Waals surface area contributed by atoms with Crippen LogP contribution in [-0.4, -0.2) is 23.6 Å². The van der Waals surface area contributed by atoms with Crippen molar-refractivity contribution in [3.8, 4) is 0 Å². The smallest absolute Gasteiger partial charge is 0.266 e. The molecule has 4 amide bonds. The molecule has 0 N–H and O–H groups in total. The van der Waals surface area contributed by atoms with Crippen LogP contribution in [0.2, 0.25) is 0 Å². The summed E-state index contributed by atoms with van der Waals surface area (Å²) < 4.78 is 0. The van der Waals surface area contributed by atoms with Gasteiger partial charge in [0.25, 0.3) is 11.8 Å². The van der Waals surface area contributed by atoms with E-state index in [1.807, 2.05) is 6.07 Å². The first-order chi connectivity index (χ1) is 14.0. The Hall–Kier alpha value is -3.28. The summed E-state index contributed by atoms with van der Waals surface area (Å²) in [4.78, 5) is 53.7. The van der Waals surface area contributed by atoms with Crippen LogP contribution >= 0.6 is 0 Å². The molecule has 0 unspecified atom stereocenters. The van der Waals surface area contributed by atoms with Crippen LogP contribution in [-0.2, 0) is 15.0 Å². The maximum atomic E-state index is 13.3. The van der Waals surface area contributed by atoms with Crippen LogP contribution in [0, 0.1) is 0 Å². The lowest BCUT2D eigenvalue weighted by molar-refractivity contribution is -0.129. The zero-order chi connectivity index (χ0) is 20.3. The minimum Gasteiger partial charge on any atom is -0.274 e. The van der Waals surface area contributed by atoms with Crippen LogP contribution in [0.25, 0.3) is 0 Å². The Morgan fingerprint density at radius 1 is 0.897 bits per heavy atom. The van der Waals surface area contributed by atoms with E-state index in [2.05, 4.69) is 0 Å². The summed E-state index contributed by atoms with van der Waals surface area (Å²) in [7, 11) is 0. The van der Waals surface area contributed by atoms with Crippen molar-refractivity contribution in [2.24, 2.45) is 0 Å². The predicted molar refractivity (Wildman–Crippen MR) is 107 cm³/mol. The summed E-state index contributed by atoms with van der Waals surface area (Å²) in [5.74, 6) is -1.31. The molecule has 2 aliphatic heterocycles. The van der Waals surface area contributed by atoms with Crippen molar-refractivity contribution in [3.05, 3.63) is 59.2 Å². The number of nitrogens with zero attached hydrogens (tertiary/aromatic N) is 2. The molecule has 0 bridgehead atoms. The lowest BCUT2D eigenvalue weighted by Crippen LogP contribution is -2.43. The Morgan fingerprint density at radius 3 is 2.10 bits per heavy atom. The van der Waals surface area contributed by atoms with Crippen molar-refractivity contribution in [1.82, 2.24) is 0 Å². The molecule has 1 fully saturated rings. The molecule has 1 spiro atoms. The van der Waals surface area contributed by atoms with E-state index >= 15 is 0 Å². The van der Waals surface area contributed by atoms with Gasteiger partial charge in [-0.1, -0.05) is 37.5 Å². The molecule has 6 nitrogen and oxygen atoms in total. The highest BCUT2D eigenvalue weighted by Gasteiger charge is 2.52. The van der Waals surface area contributed by atoms with Crippen molar-refractivity contribution in [2.75, 3.05) is 9.80 Å². The molecule has 0 radical (unpaired) electrons. The molecule has 1 saturated carbocycles. The quantitative estimate of drug-likeness (QED) is 0.700. The van der Waals surface area contributed by atoms with E-state index in [4.69, 9.17) is 0 Å². The van der Waals surface area contributed by atoms with Gasteiger partial charge in [0, 0.05) is 6.92 Å². The summed E-state index contributed by atoms with van der Waals surface area (Å²) in [6.45, 7) is 1.37. The molecule has 6 heteroatoms. The van der Waals surface area contributed by atoms with E-state index in [0.29, 0.717) is 22.5 Å². The SMILES string of the molecule is CC(=O)N1C(=O)C2(CCCCC2)c2ccc(N3C(=O)c4ccccc4C3=O)cc21. The monoisotopic (exact) mass is 388 g/mol. The zero-order valence-corrected chi connectivity index (χ0v) is 16.1. The van der Waals surface area contributed by atoms with Gasteiger partial charge in [0.1, 0.15) is 0 Å². The summed E-state index contributed by atoms with van der Waals surface area (Å²) >= 11 is 0. The van der Waals surface area contributed by atoms with Gasteiger partial charge in [0.2, 0.25) is 11.8 Å². The Bertz CT molecular complexity index is 1060. The molecule has 5 rings (SSSR count). The van der Waals surface area contributed by atoms with E-state index < -0.39 is 17.2 Å². The maximum absolute atomic E-state index is 13.3. The van der Waals surface area contributed by atoms with Gasteiger partial charge in [-0.25, -0.2) is 9.80 Å². The Labute approximate surface area is 168 Å². The van der Waals surface area contributed by atoms with Gasteiger partial charge in [0.05, 0.1) is 27.9 Å². The van der Waals surface area contributed by atoms with Crippen LogP contribution in [0.3, 0.4) is 0 Å². The second kappa shape index (κ2) is 6.11. The second-order valence-corrected chi connectivity index (χ2v) is 8.00. The van der Waals surface area contributed by atoms with Crippen molar-refractivity contribution >= 4 is 35.0 Å². The first kappa shape index (κ1) is 17.8. The molecule has 0 saturated heterocycles. The van der Waals surface area contributed by atoms with Crippen LogP contribution in [0.15, 0.2) is 42.5 Å². The number of rotatable bonds is 1. The summed E-state index contributed by atoms with van der Waals surface area (Å²) in [6, 6.07) is 11.9. The number of anilines is 2. The van der Waals surface area contributed by atoms with Crippen molar-refractivity contribution in [3.63, 3.8) is 0 Å². The highest BCUT2D eigenvalue weighted by atomic mass is 16.2. The molecule has 2 aromatic rings. The average Bonchev–Trinajstić information content (AvgIpc) is 3.11. The maximum Gasteiger partial charge on any atom is 0.266 e. The summed E-state index contributed by atoms with van der Waals surface area (Å²) in [6.07, 6.45) is 4.40. The molecule has 1 aliphatic carbocycles. The minimum atomic E-state index is -0.667. The van der Waals surface area contributed by atoms with E-state index in [1.54, 1.807) is 36.4 Å². The third-order valence-electron chi connectivity index (χ3n) is 6.42. The zero-order valence-electron chi connectivity index (χ0n) is 16.1. The topological polar surface area (TPSA) is 74.8 Å². The fourth-order valence-corrected chi connectivity index (χ4v) is 5.06. The van der Waals surface area contributed by atoms with Crippen LogP contribution < -0.4 is 9.80 Å². The lowest BCUT2D eigenvalue weighted by Gasteiger charge is -2.32. The van der Waals surface area contributed by atoms with Crippen molar-refractivity contribution in [2.45, 2.75) is 44.4 Å². The number of carbonyl (C=O) groups excluding carboxylic acids is 4. The third-order valence-corrected chi connectivity index (χ3v) is 6.42. The predicted octanol–water partition coefficient (Wildman–Crippen LogP) is 3.58. The summed E-state index contributed by atoms with van der Waals surface area (Å²) in [5.41, 5.74) is 1.76. The molecule has 2 aromatic carbocycles. The number of imide groups is 2. The van der Waals surface area contributed by atoms with Gasteiger partial charge in [-0.3, -0.25) is 19.2 Å². The van der Waals surface area contributed by atoms with E-state index in [0.717, 1.165) is 42.6 Å². The molecule has 146 valence electrons. The molecule has 3 aliphatic rings. The molecular formula is C23H20N2O4. The van der Waals surface area contributed by atoms with Gasteiger partial charge in [-0.05, 0) is 42.7 Å². The second-order valence-electron chi connectivity index (χ2n) is 8.00. The number of hydrogen-bond acceptors (Lipinski definition) is 4. The fraction of sp³-hybridized carbons (Fsp3) is 0.304. The Morgan fingerprint density at radius 2 is 1.52 bits per heavy atom. The highest BCUT2D eigenvalue weighted by Crippen LogP contribution is 2.51. The highest BCUT2D eigenvalue weighted by molar-refractivity contribution is 6.34. The van der Waals surface area contributed by atoms with Gasteiger partial charge in [-0.15, -0.1) is 0 Å². The minimum absolute atomic E-state index is 0.181. The summed E-state index contributed by atoms with van der Waals surface area (Å²) in [5, 5.41) is 0. The first-order valence-corrected chi connectivity index (χ1v) is 9.93. The number of amides is 4. The molecular weight excluding hydrogens is 368 g/mol. The number of hydrogen-bond donors (Lipinski definition) is 0. The van der Waals surface area contributed by atoms with E-state index in [1.165, 1.54) is 11.8 Å². The van der Waals surface area contributed by atoms with Crippen LogP contribution in [0.1, 0.15) is 65.3 Å². The molecule has 2 heterocycles. The normalized spacial score (nSPS) is 19.7. The number of fused-ring (bicyclic) bond motifs is 3. The number of carbonyl (C=O) groups is 4. The Balaban J connectivity index is 1.63. The first-order valence-electron chi connectivity index (χ1n) is 9.93. The largest absolute Gasteiger partial charge is 0.274 e. The fourth-order valence-electron chi connectivity index (χ4n) is 5.06. The average molecular weight is 388 g/mol. The van der Waals surface area contributed by atoms with E-state index in [-0.39, 0.29) is 11.8 Å². The van der Waals surface area contributed by atoms with Gasteiger partial charge in [0.15, 0.2) is 0 Å². The molecule has 0 aromatic heterocycles. The molecule has 0 atom stereocenters. The van der Waals surface area contributed by atoms with Crippen LogP contribution in [0.5, 0.6) is 0 Å². The Kier molecular flexibility index (Phi) is 3.75. The van der Waals surface area contributed by atoms with Crippen molar-refractivity contribution in [1.29, 1.82) is 0 Å². The van der Waals surface area contributed by atoms with Crippen LogP contribution in [0.4, 0.5) is 11.4 Å².